The molecule has 2 N–H and O–H groups in total. The van der Waals surface area contributed by atoms with Crippen molar-refractivity contribution in [3.8, 4) is 11.6 Å². The van der Waals surface area contributed by atoms with E-state index in [9.17, 15) is 0 Å². The lowest BCUT2D eigenvalue weighted by molar-refractivity contribution is 0.239. The number of hydrogen-bond donors (Lipinski definition) is 2. The van der Waals surface area contributed by atoms with Gasteiger partial charge in [0.2, 0.25) is 0 Å². The Bertz CT molecular complexity index is 972. The quantitative estimate of drug-likeness (QED) is 0.257. The molecule has 0 spiro atoms. The number of hydrogen-bond acceptors (Lipinski definition) is 4. The third-order valence-corrected chi connectivity index (χ3v) is 4.34. The largest absolute Gasteiger partial charge is 0.491 e. The van der Waals surface area contributed by atoms with Gasteiger partial charge in [-0.3, -0.25) is 0 Å². The second kappa shape index (κ2) is 12.3. The topological polar surface area (TPSA) is 76.4 Å². The molecule has 2 heterocycles. The van der Waals surface area contributed by atoms with E-state index in [0.717, 1.165) is 35.2 Å². The molecule has 0 saturated carbocycles. The number of aliphatic imine (C=N–C) groups is 1. The van der Waals surface area contributed by atoms with Crippen LogP contribution in [0.25, 0.3) is 5.82 Å². The second-order valence-electron chi connectivity index (χ2n) is 7.30. The standard InChI is InChI=1S/C23H30N6O.HI/c1-5-24-23(27-16-20-8-7-18(4)13-21(20)30-17(2)3)26-15-19-9-11-25-22(14-19)29-12-6-10-28-29;/h6-14,17H,5,15-16H2,1-4H3,(H2,24,26,27);1H. The SMILES string of the molecule is CCNC(=NCc1ccnc(-n2cccn2)c1)NCc1ccc(C)cc1OC(C)C.I. The lowest BCUT2D eigenvalue weighted by Crippen LogP contribution is -2.36. The Morgan fingerprint density at radius 1 is 1.16 bits per heavy atom. The Hall–Kier alpha value is -2.62. The number of aryl methyl sites for hydroxylation is 1. The van der Waals surface area contributed by atoms with Crippen molar-refractivity contribution in [3.05, 3.63) is 71.7 Å². The Morgan fingerprint density at radius 3 is 2.71 bits per heavy atom. The molecule has 7 nitrogen and oxygen atoms in total. The van der Waals surface area contributed by atoms with Crippen molar-refractivity contribution in [2.75, 3.05) is 6.54 Å². The maximum atomic E-state index is 5.98. The minimum Gasteiger partial charge on any atom is -0.491 e. The molecule has 3 aromatic rings. The molecule has 166 valence electrons. The van der Waals surface area contributed by atoms with Crippen LogP contribution in [0.4, 0.5) is 0 Å². The molecule has 0 aliphatic heterocycles. The average molecular weight is 534 g/mol. The van der Waals surface area contributed by atoms with Crippen molar-refractivity contribution in [3.63, 3.8) is 0 Å². The van der Waals surface area contributed by atoms with Crippen molar-refractivity contribution in [2.24, 2.45) is 4.99 Å². The first-order valence-corrected chi connectivity index (χ1v) is 10.3. The van der Waals surface area contributed by atoms with Gasteiger partial charge in [-0.05, 0) is 63.1 Å². The van der Waals surface area contributed by atoms with E-state index in [1.54, 1.807) is 17.1 Å². The summed E-state index contributed by atoms with van der Waals surface area (Å²) in [7, 11) is 0. The van der Waals surface area contributed by atoms with E-state index in [2.05, 4.69) is 52.8 Å². The lowest BCUT2D eigenvalue weighted by Gasteiger charge is -2.17. The number of ether oxygens (including phenoxy) is 1. The van der Waals surface area contributed by atoms with Crippen molar-refractivity contribution in [2.45, 2.75) is 46.9 Å². The molecular weight excluding hydrogens is 503 g/mol. The molecule has 0 fully saturated rings. The van der Waals surface area contributed by atoms with Gasteiger partial charge in [0.1, 0.15) is 5.75 Å². The maximum absolute atomic E-state index is 5.98. The van der Waals surface area contributed by atoms with Crippen LogP contribution < -0.4 is 15.4 Å². The predicted molar refractivity (Wildman–Crippen MR) is 135 cm³/mol. The first kappa shape index (κ1) is 24.6. The summed E-state index contributed by atoms with van der Waals surface area (Å²) >= 11 is 0. The molecule has 2 aromatic heterocycles. The summed E-state index contributed by atoms with van der Waals surface area (Å²) in [6, 6.07) is 12.1. The number of nitrogens with one attached hydrogen (secondary N) is 2. The second-order valence-corrected chi connectivity index (χ2v) is 7.30. The Morgan fingerprint density at radius 2 is 2.00 bits per heavy atom. The Balaban J connectivity index is 0.00000341. The smallest absolute Gasteiger partial charge is 0.191 e. The van der Waals surface area contributed by atoms with E-state index in [0.29, 0.717) is 13.1 Å². The third-order valence-electron chi connectivity index (χ3n) is 4.34. The number of guanidine groups is 1. The zero-order valence-corrected chi connectivity index (χ0v) is 20.8. The molecule has 0 bridgehead atoms. The van der Waals surface area contributed by atoms with Gasteiger partial charge in [0.05, 0.1) is 12.6 Å². The van der Waals surface area contributed by atoms with Gasteiger partial charge in [-0.2, -0.15) is 5.10 Å². The van der Waals surface area contributed by atoms with Crippen LogP contribution in [0.2, 0.25) is 0 Å². The van der Waals surface area contributed by atoms with E-state index in [1.165, 1.54) is 5.56 Å². The monoisotopic (exact) mass is 534 g/mol. The summed E-state index contributed by atoms with van der Waals surface area (Å²) in [4.78, 5) is 9.09. The van der Waals surface area contributed by atoms with Gasteiger partial charge >= 0.3 is 0 Å². The highest BCUT2D eigenvalue weighted by molar-refractivity contribution is 14.0. The number of benzene rings is 1. The van der Waals surface area contributed by atoms with Gasteiger partial charge in [-0.25, -0.2) is 14.7 Å². The average Bonchev–Trinajstić information content (AvgIpc) is 3.26. The molecule has 0 amide bonds. The van der Waals surface area contributed by atoms with Crippen LogP contribution in [0.15, 0.2) is 60.0 Å². The van der Waals surface area contributed by atoms with Crippen molar-refractivity contribution < 1.29 is 4.74 Å². The first-order chi connectivity index (χ1) is 14.5. The summed E-state index contributed by atoms with van der Waals surface area (Å²) in [5.41, 5.74) is 3.34. The normalized spacial score (nSPS) is 11.2. The third kappa shape index (κ3) is 7.54. The van der Waals surface area contributed by atoms with Gasteiger partial charge in [-0.15, -0.1) is 24.0 Å². The maximum Gasteiger partial charge on any atom is 0.191 e. The van der Waals surface area contributed by atoms with Crippen LogP contribution in [0.1, 0.15) is 37.5 Å². The summed E-state index contributed by atoms with van der Waals surface area (Å²) < 4.78 is 7.72. The van der Waals surface area contributed by atoms with E-state index in [4.69, 9.17) is 9.73 Å². The van der Waals surface area contributed by atoms with E-state index < -0.39 is 0 Å². The van der Waals surface area contributed by atoms with Crippen LogP contribution in [0.5, 0.6) is 5.75 Å². The molecule has 0 atom stereocenters. The number of nitrogens with zero attached hydrogens (tertiary/aromatic N) is 4. The first-order valence-electron chi connectivity index (χ1n) is 10.3. The Kier molecular flexibility index (Phi) is 9.77. The van der Waals surface area contributed by atoms with Crippen molar-refractivity contribution in [1.82, 2.24) is 25.4 Å². The molecule has 0 radical (unpaired) electrons. The molecule has 3 rings (SSSR count). The molecular formula is C23H31IN6O. The zero-order chi connectivity index (χ0) is 21.3. The summed E-state index contributed by atoms with van der Waals surface area (Å²) in [6.07, 6.45) is 5.52. The Labute approximate surface area is 201 Å². The molecule has 1 aromatic carbocycles. The van der Waals surface area contributed by atoms with Gasteiger partial charge in [0.25, 0.3) is 0 Å². The highest BCUT2D eigenvalue weighted by Crippen LogP contribution is 2.21. The number of halogens is 1. The minimum absolute atomic E-state index is 0. The van der Waals surface area contributed by atoms with Crippen LogP contribution >= 0.6 is 24.0 Å². The fourth-order valence-corrected chi connectivity index (χ4v) is 2.95. The van der Waals surface area contributed by atoms with E-state index in [1.807, 2.05) is 38.2 Å². The summed E-state index contributed by atoms with van der Waals surface area (Å²) in [5.74, 6) is 2.44. The summed E-state index contributed by atoms with van der Waals surface area (Å²) in [5, 5.41) is 10.9. The van der Waals surface area contributed by atoms with Gasteiger partial charge < -0.3 is 15.4 Å². The van der Waals surface area contributed by atoms with Gasteiger partial charge in [0.15, 0.2) is 11.8 Å². The minimum atomic E-state index is 0. The fraction of sp³-hybridized carbons (Fsp3) is 0.348. The molecule has 0 aliphatic carbocycles. The lowest BCUT2D eigenvalue weighted by atomic mass is 10.1. The van der Waals surface area contributed by atoms with Crippen LogP contribution in [-0.4, -0.2) is 33.4 Å². The number of pyridine rings is 1. The highest BCUT2D eigenvalue weighted by atomic mass is 127. The van der Waals surface area contributed by atoms with Crippen LogP contribution in [0.3, 0.4) is 0 Å². The predicted octanol–water partition coefficient (Wildman–Crippen LogP) is 4.24. The fourth-order valence-electron chi connectivity index (χ4n) is 2.95. The molecule has 0 saturated heterocycles. The van der Waals surface area contributed by atoms with Crippen molar-refractivity contribution in [1.29, 1.82) is 0 Å². The summed E-state index contributed by atoms with van der Waals surface area (Å²) in [6.45, 7) is 10.2. The van der Waals surface area contributed by atoms with Crippen LogP contribution in [0, 0.1) is 6.92 Å². The van der Waals surface area contributed by atoms with Gasteiger partial charge in [-0.1, -0.05) is 12.1 Å². The van der Waals surface area contributed by atoms with E-state index in [-0.39, 0.29) is 30.1 Å². The van der Waals surface area contributed by atoms with Crippen LogP contribution in [-0.2, 0) is 13.1 Å². The zero-order valence-electron chi connectivity index (χ0n) is 18.5. The molecule has 0 aliphatic rings. The number of rotatable bonds is 8. The molecule has 0 unspecified atom stereocenters. The van der Waals surface area contributed by atoms with E-state index >= 15 is 0 Å². The molecule has 8 heteroatoms. The molecule has 31 heavy (non-hydrogen) atoms. The van der Waals surface area contributed by atoms with Crippen molar-refractivity contribution >= 4 is 29.9 Å². The number of aromatic nitrogens is 3. The highest BCUT2D eigenvalue weighted by Gasteiger charge is 2.08. The van der Waals surface area contributed by atoms with Gasteiger partial charge in [0, 0.05) is 37.2 Å².